The van der Waals surface area contributed by atoms with Gasteiger partial charge in [-0.3, -0.25) is 24.0 Å². The maximum atomic E-state index is 13.5. The van der Waals surface area contributed by atoms with Gasteiger partial charge in [-0.1, -0.05) is 32.4 Å². The highest BCUT2D eigenvalue weighted by Gasteiger charge is 2.70. The fraction of sp³-hybridized carbons (Fsp3) is 0.690. The summed E-state index contributed by atoms with van der Waals surface area (Å²) >= 11 is 0. The molecule has 1 amide bonds. The third-order valence-corrected chi connectivity index (χ3v) is 10.1. The summed E-state index contributed by atoms with van der Waals surface area (Å²) in [5, 5.41) is 34.4. The fourth-order valence-electron chi connectivity index (χ4n) is 8.22. The third kappa shape index (κ3) is 4.97. The van der Waals surface area contributed by atoms with Crippen LogP contribution in [-0.2, 0) is 28.7 Å². The number of carboxylic acid groups (broad SMARTS) is 1. The van der Waals surface area contributed by atoms with Crippen molar-refractivity contribution in [2.45, 2.75) is 77.4 Å². The molecule has 8 atom stereocenters. The number of allylic oxidation sites excluding steroid dienone is 4. The molecule has 0 spiro atoms. The topological polar surface area (TPSA) is 167 Å². The lowest BCUT2D eigenvalue weighted by atomic mass is 9.46. The van der Waals surface area contributed by atoms with Gasteiger partial charge < -0.3 is 25.4 Å². The van der Waals surface area contributed by atoms with Crippen LogP contribution in [0.2, 0.25) is 0 Å². The number of rotatable bonds is 9. The Bertz CT molecular complexity index is 1130. The van der Waals surface area contributed by atoms with Gasteiger partial charge in [-0.25, -0.2) is 0 Å². The summed E-state index contributed by atoms with van der Waals surface area (Å²) in [4.78, 5) is 60.0. The molecular formula is C29H39NO9. The number of carbonyl (C=O) groups excluding carboxylic acids is 4. The minimum Gasteiger partial charge on any atom is -0.481 e. The predicted molar refractivity (Wildman–Crippen MR) is 138 cm³/mol. The zero-order chi connectivity index (χ0) is 28.8. The second-order valence-corrected chi connectivity index (χ2v) is 12.2. The number of fused-ring (bicyclic) bond motifs is 5. The van der Waals surface area contributed by atoms with Gasteiger partial charge in [0, 0.05) is 29.6 Å². The van der Waals surface area contributed by atoms with E-state index in [1.807, 2.05) is 19.9 Å². The Kier molecular flexibility index (Phi) is 7.93. The summed E-state index contributed by atoms with van der Waals surface area (Å²) < 4.78 is 5.11. The lowest BCUT2D eigenvalue weighted by Gasteiger charge is -2.59. The van der Waals surface area contributed by atoms with E-state index in [-0.39, 0.29) is 49.2 Å². The molecule has 0 aromatic heterocycles. The number of esters is 1. The van der Waals surface area contributed by atoms with Crippen LogP contribution < -0.4 is 5.32 Å². The Balaban J connectivity index is 1.42. The molecule has 214 valence electrons. The van der Waals surface area contributed by atoms with E-state index in [1.165, 1.54) is 0 Å². The summed E-state index contributed by atoms with van der Waals surface area (Å²) in [6.45, 7) is 4.60. The Labute approximate surface area is 227 Å². The lowest BCUT2D eigenvalue weighted by Crippen LogP contribution is -2.62. The molecule has 10 nitrogen and oxygen atoms in total. The van der Waals surface area contributed by atoms with E-state index in [2.05, 4.69) is 12.2 Å². The molecule has 3 fully saturated rings. The molecule has 10 heteroatoms. The normalized spacial score (nSPS) is 38.6. The Morgan fingerprint density at radius 2 is 1.90 bits per heavy atom. The number of nitrogens with one attached hydrogen (secondary N) is 1. The van der Waals surface area contributed by atoms with Crippen LogP contribution >= 0.6 is 0 Å². The molecule has 4 rings (SSSR count). The first-order chi connectivity index (χ1) is 18.2. The van der Waals surface area contributed by atoms with Crippen molar-refractivity contribution in [1.29, 1.82) is 0 Å². The molecule has 4 aliphatic carbocycles. The Hall–Kier alpha value is -2.85. The van der Waals surface area contributed by atoms with Crippen molar-refractivity contribution in [3.05, 3.63) is 23.8 Å². The highest BCUT2D eigenvalue weighted by atomic mass is 16.5. The molecule has 4 N–H and O–H groups in total. The predicted octanol–water partition coefficient (Wildman–Crippen LogP) is 1.73. The standard InChI is InChI=1S/C29H39NO9/c1-16-11-20-19-8-7-17-12-18(31)9-10-27(17,2)26(19)21(32)13-28(20,3)29(16,38)22(33)15-39-25(37)14-30-23(34)5-4-6-24(35)36/h9-10,12,16,19-21,26,32,38H,4-8,11,13-15H2,1-3H3,(H,30,34)(H,35,36)/t16-,19+,20?,21+,26?,27+,28+,29+/m1/s1. The van der Waals surface area contributed by atoms with E-state index >= 15 is 0 Å². The van der Waals surface area contributed by atoms with Crippen molar-refractivity contribution in [1.82, 2.24) is 5.32 Å². The van der Waals surface area contributed by atoms with Crippen molar-refractivity contribution < 1.29 is 44.0 Å². The average Bonchev–Trinajstić information content (AvgIpc) is 3.07. The van der Waals surface area contributed by atoms with Crippen LogP contribution in [0.15, 0.2) is 23.8 Å². The van der Waals surface area contributed by atoms with Crippen molar-refractivity contribution >= 4 is 29.4 Å². The Morgan fingerprint density at radius 3 is 2.59 bits per heavy atom. The first-order valence-electron chi connectivity index (χ1n) is 13.8. The zero-order valence-electron chi connectivity index (χ0n) is 22.8. The minimum absolute atomic E-state index is 0.0416. The van der Waals surface area contributed by atoms with E-state index < -0.39 is 65.2 Å². The summed E-state index contributed by atoms with van der Waals surface area (Å²) in [7, 11) is 0. The van der Waals surface area contributed by atoms with Gasteiger partial charge >= 0.3 is 11.9 Å². The number of hydrogen-bond acceptors (Lipinski definition) is 8. The number of ether oxygens (including phenoxy) is 1. The number of amides is 1. The van der Waals surface area contributed by atoms with Crippen molar-refractivity contribution in [2.24, 2.45) is 34.5 Å². The molecule has 0 radical (unpaired) electrons. The molecule has 0 aromatic rings. The number of hydrogen-bond donors (Lipinski definition) is 4. The maximum absolute atomic E-state index is 13.5. The average molecular weight is 546 g/mol. The van der Waals surface area contributed by atoms with Crippen LogP contribution in [0.4, 0.5) is 0 Å². The number of carbonyl (C=O) groups is 5. The van der Waals surface area contributed by atoms with Crippen LogP contribution in [-0.4, -0.2) is 69.6 Å². The molecule has 0 saturated heterocycles. The summed E-state index contributed by atoms with van der Waals surface area (Å²) in [5.41, 5.74) is -2.17. The SMILES string of the molecule is C[C@@H]1CC2[C@@H]3CCC4=CC(=O)C=C[C@]4(C)C3[C@@H](O)C[C@]2(C)[C@@]1(O)C(=O)COC(=O)CNC(=O)CCCC(=O)O. The zero-order valence-corrected chi connectivity index (χ0v) is 22.8. The Morgan fingerprint density at radius 1 is 1.18 bits per heavy atom. The molecule has 2 unspecified atom stereocenters. The monoisotopic (exact) mass is 545 g/mol. The summed E-state index contributed by atoms with van der Waals surface area (Å²) in [6.07, 6.45) is 6.54. The van der Waals surface area contributed by atoms with Gasteiger partial charge in [-0.15, -0.1) is 0 Å². The largest absolute Gasteiger partial charge is 0.481 e. The first kappa shape index (κ1) is 29.1. The van der Waals surface area contributed by atoms with Crippen LogP contribution in [0.5, 0.6) is 0 Å². The molecule has 0 heterocycles. The van der Waals surface area contributed by atoms with Crippen LogP contribution in [0.25, 0.3) is 0 Å². The smallest absolute Gasteiger partial charge is 0.325 e. The molecule has 39 heavy (non-hydrogen) atoms. The van der Waals surface area contributed by atoms with Gasteiger partial charge in [-0.2, -0.15) is 0 Å². The second kappa shape index (κ2) is 10.6. The van der Waals surface area contributed by atoms with Crippen LogP contribution in [0, 0.1) is 34.5 Å². The molecule has 0 aliphatic heterocycles. The van der Waals surface area contributed by atoms with Crippen molar-refractivity contribution in [3.8, 4) is 0 Å². The minimum atomic E-state index is -1.81. The van der Waals surface area contributed by atoms with Gasteiger partial charge in [0.25, 0.3) is 0 Å². The van der Waals surface area contributed by atoms with E-state index in [9.17, 15) is 34.2 Å². The third-order valence-electron chi connectivity index (χ3n) is 10.1. The van der Waals surface area contributed by atoms with Gasteiger partial charge in [0.2, 0.25) is 11.7 Å². The van der Waals surface area contributed by atoms with Crippen molar-refractivity contribution in [3.63, 3.8) is 0 Å². The number of ketones is 2. The number of aliphatic hydroxyl groups is 2. The number of aliphatic carboxylic acids is 1. The van der Waals surface area contributed by atoms with Crippen LogP contribution in [0.3, 0.4) is 0 Å². The highest BCUT2D eigenvalue weighted by Crippen LogP contribution is 2.68. The van der Waals surface area contributed by atoms with E-state index in [0.717, 1.165) is 12.0 Å². The summed E-state index contributed by atoms with van der Waals surface area (Å²) in [6, 6.07) is 0. The maximum Gasteiger partial charge on any atom is 0.325 e. The summed E-state index contributed by atoms with van der Waals surface area (Å²) in [5.74, 6) is -3.59. The molecule has 0 aromatic carbocycles. The fourth-order valence-corrected chi connectivity index (χ4v) is 8.22. The van der Waals surface area contributed by atoms with Crippen LogP contribution in [0.1, 0.15) is 65.7 Å². The highest BCUT2D eigenvalue weighted by molar-refractivity contribution is 6.01. The quantitative estimate of drug-likeness (QED) is 0.315. The van der Waals surface area contributed by atoms with E-state index in [0.29, 0.717) is 12.8 Å². The number of Topliss-reactive ketones (excluding diaryl/α,β-unsaturated/α-hetero) is 1. The molecule has 4 aliphatic rings. The molecular weight excluding hydrogens is 506 g/mol. The van der Waals surface area contributed by atoms with E-state index in [1.54, 1.807) is 12.2 Å². The lowest BCUT2D eigenvalue weighted by molar-refractivity contribution is -0.186. The van der Waals surface area contributed by atoms with Gasteiger partial charge in [0.05, 0.1) is 6.10 Å². The molecule has 3 saturated carbocycles. The van der Waals surface area contributed by atoms with Crippen molar-refractivity contribution in [2.75, 3.05) is 13.2 Å². The molecule has 0 bridgehead atoms. The first-order valence-corrected chi connectivity index (χ1v) is 13.8. The van der Waals surface area contributed by atoms with Gasteiger partial charge in [-0.05, 0) is 62.0 Å². The number of aliphatic hydroxyl groups excluding tert-OH is 1. The second-order valence-electron chi connectivity index (χ2n) is 12.2. The van der Waals surface area contributed by atoms with Gasteiger partial charge in [0.15, 0.2) is 12.4 Å². The van der Waals surface area contributed by atoms with Gasteiger partial charge in [0.1, 0.15) is 12.1 Å². The van der Waals surface area contributed by atoms with E-state index in [4.69, 9.17) is 9.84 Å². The number of carboxylic acids is 1.